The zero-order valence-electron chi connectivity index (χ0n) is 16.8. The van der Waals surface area contributed by atoms with Gasteiger partial charge < -0.3 is 29.9 Å². The number of hydrogen-bond donors (Lipinski definition) is 3. The molecule has 0 atom stereocenters. The molecule has 0 aliphatic carbocycles. The van der Waals surface area contributed by atoms with Crippen molar-refractivity contribution in [2.45, 2.75) is 6.61 Å². The molecule has 0 spiro atoms. The third-order valence-corrected chi connectivity index (χ3v) is 4.65. The Morgan fingerprint density at radius 1 is 1.13 bits per heavy atom. The van der Waals surface area contributed by atoms with E-state index >= 15 is 0 Å². The number of aliphatic hydroxyl groups excluding tert-OH is 1. The van der Waals surface area contributed by atoms with Crippen LogP contribution >= 0.6 is 0 Å². The molecular weight excluding hydrogens is 404 g/mol. The average Bonchev–Trinajstić information content (AvgIpc) is 3.08. The molecule has 1 aliphatic heterocycles. The molecular formula is C22H22N2O7. The average molecular weight is 426 g/mol. The summed E-state index contributed by atoms with van der Waals surface area (Å²) in [5.41, 5.74) is 1.14. The highest BCUT2D eigenvalue weighted by atomic mass is 16.5. The van der Waals surface area contributed by atoms with E-state index in [0.29, 0.717) is 0 Å². The second kappa shape index (κ2) is 9.77. The maximum absolute atomic E-state index is 12.6. The Morgan fingerprint density at radius 3 is 2.52 bits per heavy atom. The predicted octanol–water partition coefficient (Wildman–Crippen LogP) is 1.42. The number of nitrogens with one attached hydrogen (secondary N) is 1. The van der Waals surface area contributed by atoms with E-state index in [1.165, 1.54) is 30.2 Å². The van der Waals surface area contributed by atoms with Crippen molar-refractivity contribution in [3.8, 4) is 5.75 Å². The van der Waals surface area contributed by atoms with Crippen molar-refractivity contribution in [1.29, 1.82) is 0 Å². The molecule has 9 heteroatoms. The number of hydrogen-bond acceptors (Lipinski definition) is 8. The van der Waals surface area contributed by atoms with Crippen LogP contribution in [0.1, 0.15) is 15.9 Å². The summed E-state index contributed by atoms with van der Waals surface area (Å²) in [6.45, 7) is -0.149. The van der Waals surface area contributed by atoms with E-state index in [1.807, 2.05) is 30.3 Å². The number of methoxy groups -OCH3 is 1. The highest BCUT2D eigenvalue weighted by molar-refractivity contribution is 6.08. The lowest BCUT2D eigenvalue weighted by atomic mass is 10.1. The highest BCUT2D eigenvalue weighted by Crippen LogP contribution is 2.27. The largest absolute Gasteiger partial charge is 0.507 e. The number of rotatable bonds is 8. The minimum atomic E-state index is -0.701. The van der Waals surface area contributed by atoms with Crippen molar-refractivity contribution in [3.05, 3.63) is 70.9 Å². The number of benzene rings is 2. The van der Waals surface area contributed by atoms with Crippen LogP contribution in [-0.2, 0) is 25.7 Å². The zero-order valence-corrected chi connectivity index (χ0v) is 16.8. The molecule has 0 unspecified atom stereocenters. The Bertz CT molecular complexity index is 1020. The fourth-order valence-electron chi connectivity index (χ4n) is 3.08. The first-order chi connectivity index (χ1) is 14.9. The lowest BCUT2D eigenvalue weighted by molar-refractivity contribution is -0.136. The first kappa shape index (κ1) is 21.8. The predicted molar refractivity (Wildman–Crippen MR) is 110 cm³/mol. The van der Waals surface area contributed by atoms with Crippen LogP contribution in [0.25, 0.3) is 0 Å². The summed E-state index contributed by atoms with van der Waals surface area (Å²) in [5, 5.41) is 22.2. The lowest BCUT2D eigenvalue weighted by Gasteiger charge is -2.15. The van der Waals surface area contributed by atoms with Crippen LogP contribution in [0.3, 0.4) is 0 Å². The molecule has 1 heterocycles. The topological polar surface area (TPSA) is 125 Å². The van der Waals surface area contributed by atoms with Crippen LogP contribution in [-0.4, -0.2) is 59.8 Å². The number of carbonyl (C=O) groups is 3. The number of nitrogens with zero attached hydrogens (tertiary/aromatic N) is 1. The van der Waals surface area contributed by atoms with Gasteiger partial charge in [0, 0.05) is 18.3 Å². The van der Waals surface area contributed by atoms with Crippen molar-refractivity contribution in [2.24, 2.45) is 0 Å². The number of aliphatic hydroxyl groups is 1. The minimum absolute atomic E-state index is 0.00965. The van der Waals surface area contributed by atoms with Crippen LogP contribution in [0.5, 0.6) is 5.75 Å². The number of esters is 2. The van der Waals surface area contributed by atoms with Crippen molar-refractivity contribution in [3.63, 3.8) is 0 Å². The molecule has 0 radical (unpaired) electrons. The second-order valence-electron chi connectivity index (χ2n) is 6.71. The molecule has 162 valence electrons. The van der Waals surface area contributed by atoms with E-state index in [0.717, 1.165) is 5.56 Å². The first-order valence-corrected chi connectivity index (χ1v) is 9.47. The van der Waals surface area contributed by atoms with Crippen molar-refractivity contribution in [2.75, 3.05) is 32.1 Å². The normalized spacial score (nSPS) is 13.4. The van der Waals surface area contributed by atoms with Gasteiger partial charge in [0.25, 0.3) is 5.91 Å². The van der Waals surface area contributed by atoms with Crippen molar-refractivity contribution >= 4 is 23.5 Å². The Labute approximate surface area is 178 Å². The number of phenols is 1. The molecule has 3 rings (SSSR count). The number of amides is 1. The van der Waals surface area contributed by atoms with E-state index in [9.17, 15) is 19.5 Å². The molecule has 0 saturated carbocycles. The molecule has 2 aromatic carbocycles. The molecule has 1 amide bonds. The minimum Gasteiger partial charge on any atom is -0.507 e. The molecule has 0 bridgehead atoms. The number of carbonyl (C=O) groups excluding carboxylic acids is 3. The van der Waals surface area contributed by atoms with Crippen molar-refractivity contribution in [1.82, 2.24) is 4.90 Å². The summed E-state index contributed by atoms with van der Waals surface area (Å²) >= 11 is 0. The van der Waals surface area contributed by atoms with Crippen LogP contribution in [0, 0.1) is 0 Å². The van der Waals surface area contributed by atoms with Crippen LogP contribution in [0.2, 0.25) is 0 Å². The fourth-order valence-corrected chi connectivity index (χ4v) is 3.08. The quantitative estimate of drug-likeness (QED) is 0.541. The Morgan fingerprint density at radius 2 is 1.87 bits per heavy atom. The fraction of sp³-hybridized carbons (Fsp3) is 0.227. The summed E-state index contributed by atoms with van der Waals surface area (Å²) in [5.74, 6) is -2.21. The SMILES string of the molecule is COC(=O)C1=C(Nc2ccc(C(=O)OCc3ccccc3)c(O)c2)C(=O)N(CCO)C1. The van der Waals surface area contributed by atoms with Crippen LogP contribution in [0.15, 0.2) is 59.8 Å². The molecule has 9 nitrogen and oxygen atoms in total. The van der Waals surface area contributed by atoms with Gasteiger partial charge in [0.15, 0.2) is 0 Å². The van der Waals surface area contributed by atoms with E-state index in [-0.39, 0.29) is 54.6 Å². The van der Waals surface area contributed by atoms with E-state index in [4.69, 9.17) is 14.6 Å². The summed E-state index contributed by atoms with van der Waals surface area (Å²) in [4.78, 5) is 38.2. The maximum Gasteiger partial charge on any atom is 0.342 e. The lowest BCUT2D eigenvalue weighted by Crippen LogP contribution is -2.31. The van der Waals surface area contributed by atoms with Gasteiger partial charge >= 0.3 is 11.9 Å². The zero-order chi connectivity index (χ0) is 22.4. The smallest absolute Gasteiger partial charge is 0.342 e. The Hall–Kier alpha value is -3.85. The number of anilines is 1. The molecule has 31 heavy (non-hydrogen) atoms. The summed E-state index contributed by atoms with van der Waals surface area (Å²) in [6.07, 6.45) is 0. The second-order valence-corrected chi connectivity index (χ2v) is 6.71. The van der Waals surface area contributed by atoms with Gasteiger partial charge in [0.05, 0.1) is 25.8 Å². The number of ether oxygens (including phenoxy) is 2. The van der Waals surface area contributed by atoms with Crippen LogP contribution in [0.4, 0.5) is 5.69 Å². The Kier molecular flexibility index (Phi) is 6.88. The van der Waals surface area contributed by atoms with E-state index in [2.05, 4.69) is 5.32 Å². The molecule has 3 N–H and O–H groups in total. The molecule has 2 aromatic rings. The molecule has 0 fully saturated rings. The van der Waals surface area contributed by atoms with Gasteiger partial charge in [0.2, 0.25) is 0 Å². The van der Waals surface area contributed by atoms with Gasteiger partial charge in [-0.05, 0) is 17.7 Å². The standard InChI is InChI=1S/C22H22N2O7/c1-30-21(28)17-12-24(9-10-25)20(27)19(17)23-15-7-8-16(18(26)11-15)22(29)31-13-14-5-3-2-4-6-14/h2-8,11,23,25-26H,9-10,12-13H2,1H3. The highest BCUT2D eigenvalue weighted by Gasteiger charge is 2.34. The summed E-state index contributed by atoms with van der Waals surface area (Å²) in [6, 6.07) is 13.2. The van der Waals surface area contributed by atoms with E-state index < -0.39 is 17.8 Å². The van der Waals surface area contributed by atoms with Gasteiger partial charge in [-0.1, -0.05) is 30.3 Å². The van der Waals surface area contributed by atoms with Crippen molar-refractivity contribution < 1.29 is 34.1 Å². The first-order valence-electron chi connectivity index (χ1n) is 9.47. The third kappa shape index (κ3) is 5.01. The van der Waals surface area contributed by atoms with Gasteiger partial charge in [0.1, 0.15) is 23.6 Å². The summed E-state index contributed by atoms with van der Waals surface area (Å²) in [7, 11) is 1.20. The third-order valence-electron chi connectivity index (χ3n) is 4.65. The maximum atomic E-state index is 12.6. The molecule has 0 saturated heterocycles. The Balaban J connectivity index is 1.75. The molecule has 1 aliphatic rings. The summed E-state index contributed by atoms with van der Waals surface area (Å²) < 4.78 is 9.94. The number of β-amino-alcohol motifs (C(OH)–C–C–N with tert-alkyl or cyclic N) is 1. The van der Waals surface area contributed by atoms with Gasteiger partial charge in [-0.3, -0.25) is 4.79 Å². The van der Waals surface area contributed by atoms with E-state index in [1.54, 1.807) is 0 Å². The van der Waals surface area contributed by atoms with Gasteiger partial charge in [-0.2, -0.15) is 0 Å². The number of aromatic hydroxyl groups is 1. The van der Waals surface area contributed by atoms with Gasteiger partial charge in [-0.15, -0.1) is 0 Å². The monoisotopic (exact) mass is 426 g/mol. The van der Waals surface area contributed by atoms with Gasteiger partial charge in [-0.25, -0.2) is 9.59 Å². The molecule has 0 aromatic heterocycles. The van der Waals surface area contributed by atoms with Crippen LogP contribution < -0.4 is 5.32 Å². The number of phenolic OH excluding ortho intramolecular Hbond substituents is 1.